The lowest BCUT2D eigenvalue weighted by atomic mass is 9.90. The number of halogens is 6. The number of ether oxygens (including phenoxy) is 1. The molecule has 0 aliphatic rings. The number of alkyl halides is 6. The molecule has 1 aromatic rings. The minimum Gasteiger partial charge on any atom is -0.492 e. The van der Waals surface area contributed by atoms with Gasteiger partial charge in [0.2, 0.25) is 0 Å². The maximum absolute atomic E-state index is 12.7. The lowest BCUT2D eigenvalue weighted by molar-refractivity contribution is -0.340. The molecule has 1 nitrogen and oxygen atoms in total. The largest absolute Gasteiger partial charge is 0.492 e. The van der Waals surface area contributed by atoms with E-state index in [4.69, 9.17) is 4.74 Å². The Morgan fingerprint density at radius 2 is 1.41 bits per heavy atom. The molecule has 0 aliphatic heterocycles. The normalized spacial score (nSPS) is 14.8. The second-order valence-electron chi connectivity index (χ2n) is 5.49. The van der Waals surface area contributed by atoms with Gasteiger partial charge in [0, 0.05) is 0 Å². The topological polar surface area (TPSA) is 9.23 Å². The molecule has 0 fully saturated rings. The third-order valence-electron chi connectivity index (χ3n) is 3.84. The molecule has 126 valence electrons. The number of hydrogen-bond donors (Lipinski definition) is 0. The van der Waals surface area contributed by atoms with Crippen molar-refractivity contribution in [3.63, 3.8) is 0 Å². The summed E-state index contributed by atoms with van der Waals surface area (Å²) in [5.74, 6) is 0.233. The van der Waals surface area contributed by atoms with E-state index in [0.717, 1.165) is 12.0 Å². The quantitative estimate of drug-likeness (QED) is 0.629. The van der Waals surface area contributed by atoms with Crippen molar-refractivity contribution < 1.29 is 31.1 Å². The minimum absolute atomic E-state index is 0.0215. The van der Waals surface area contributed by atoms with Crippen molar-refractivity contribution in [3.8, 4) is 5.75 Å². The third-order valence-corrected chi connectivity index (χ3v) is 3.84. The molecule has 0 bridgehead atoms. The number of hydrogen-bond acceptors (Lipinski definition) is 1. The molecule has 1 atom stereocenters. The van der Waals surface area contributed by atoms with Crippen LogP contribution in [0.15, 0.2) is 24.3 Å². The maximum Gasteiger partial charge on any atom is 0.406 e. The zero-order valence-electron chi connectivity index (χ0n) is 12.5. The van der Waals surface area contributed by atoms with Gasteiger partial charge in [-0.1, -0.05) is 26.0 Å². The molecular weight excluding hydrogens is 310 g/mol. The Kier molecular flexibility index (Phi) is 5.41. The standard InChI is InChI=1S/C15H18F6O/c1-4-10(2)11-5-7-12(8-6-11)22-9-13(3,14(16,17)18)15(19,20)21/h5-8,10H,4,9H2,1-3H3. The summed E-state index contributed by atoms with van der Waals surface area (Å²) < 4.78 is 81.1. The second-order valence-corrected chi connectivity index (χ2v) is 5.49. The average Bonchev–Trinajstić information content (AvgIpc) is 2.42. The van der Waals surface area contributed by atoms with Crippen molar-refractivity contribution in [2.75, 3.05) is 6.61 Å². The van der Waals surface area contributed by atoms with E-state index in [2.05, 4.69) is 0 Å². The van der Waals surface area contributed by atoms with Crippen molar-refractivity contribution in [2.45, 2.75) is 45.5 Å². The molecular formula is C15H18F6O. The van der Waals surface area contributed by atoms with Gasteiger partial charge in [-0.05, 0) is 37.0 Å². The summed E-state index contributed by atoms with van der Waals surface area (Å²) in [6, 6.07) is 6.05. The summed E-state index contributed by atoms with van der Waals surface area (Å²) in [7, 11) is 0. The van der Waals surface area contributed by atoms with Crippen LogP contribution in [-0.4, -0.2) is 19.0 Å². The highest BCUT2D eigenvalue weighted by Gasteiger charge is 2.68. The first-order chi connectivity index (χ1) is 9.92. The molecule has 7 heteroatoms. The first-order valence-electron chi connectivity index (χ1n) is 6.78. The highest BCUT2D eigenvalue weighted by Crippen LogP contribution is 2.50. The molecule has 0 amide bonds. The summed E-state index contributed by atoms with van der Waals surface area (Å²) in [4.78, 5) is 0. The molecule has 0 saturated carbocycles. The van der Waals surface area contributed by atoms with Crippen LogP contribution in [0, 0.1) is 5.41 Å². The zero-order valence-corrected chi connectivity index (χ0v) is 12.5. The molecule has 1 aromatic carbocycles. The summed E-state index contributed by atoms with van der Waals surface area (Å²) in [5, 5.41) is 0. The smallest absolute Gasteiger partial charge is 0.406 e. The van der Waals surface area contributed by atoms with E-state index >= 15 is 0 Å². The van der Waals surface area contributed by atoms with Crippen LogP contribution in [0.1, 0.15) is 38.7 Å². The lowest BCUT2D eigenvalue weighted by Crippen LogP contribution is -2.51. The molecule has 0 radical (unpaired) electrons. The van der Waals surface area contributed by atoms with E-state index in [1.807, 2.05) is 13.8 Å². The Morgan fingerprint density at radius 3 is 1.77 bits per heavy atom. The third kappa shape index (κ3) is 3.87. The molecule has 0 heterocycles. The number of rotatable bonds is 5. The Balaban J connectivity index is 2.87. The summed E-state index contributed by atoms with van der Waals surface area (Å²) in [6.45, 7) is 2.54. The molecule has 0 aromatic heterocycles. The fraction of sp³-hybridized carbons (Fsp3) is 0.600. The van der Waals surface area contributed by atoms with Gasteiger partial charge in [0.1, 0.15) is 12.4 Å². The summed E-state index contributed by atoms with van der Waals surface area (Å²) in [5.41, 5.74) is -2.96. The molecule has 22 heavy (non-hydrogen) atoms. The summed E-state index contributed by atoms with van der Waals surface area (Å²) >= 11 is 0. The first-order valence-corrected chi connectivity index (χ1v) is 6.78. The molecule has 0 saturated heterocycles. The van der Waals surface area contributed by atoms with Crippen LogP contribution >= 0.6 is 0 Å². The van der Waals surface area contributed by atoms with Crippen LogP contribution < -0.4 is 4.74 Å². The van der Waals surface area contributed by atoms with E-state index in [1.165, 1.54) is 12.1 Å². The van der Waals surface area contributed by atoms with Gasteiger partial charge in [-0.15, -0.1) is 0 Å². The monoisotopic (exact) mass is 328 g/mol. The Labute approximate surface area is 125 Å². The van der Waals surface area contributed by atoms with Gasteiger partial charge in [0.25, 0.3) is 0 Å². The van der Waals surface area contributed by atoms with Gasteiger partial charge >= 0.3 is 12.4 Å². The van der Waals surface area contributed by atoms with E-state index in [9.17, 15) is 26.3 Å². The van der Waals surface area contributed by atoms with Crippen LogP contribution in [0.25, 0.3) is 0 Å². The molecule has 1 rings (SSSR count). The van der Waals surface area contributed by atoms with Gasteiger partial charge in [-0.2, -0.15) is 26.3 Å². The Morgan fingerprint density at radius 1 is 0.955 bits per heavy atom. The highest BCUT2D eigenvalue weighted by atomic mass is 19.4. The van der Waals surface area contributed by atoms with Gasteiger partial charge < -0.3 is 4.74 Å². The fourth-order valence-electron chi connectivity index (χ4n) is 1.68. The van der Waals surface area contributed by atoms with Crippen molar-refractivity contribution in [3.05, 3.63) is 29.8 Å². The van der Waals surface area contributed by atoms with E-state index < -0.39 is 24.4 Å². The predicted octanol–water partition coefficient (Wildman–Crippen LogP) is 5.71. The molecule has 0 aliphatic carbocycles. The van der Waals surface area contributed by atoms with Crippen LogP contribution in [-0.2, 0) is 0 Å². The van der Waals surface area contributed by atoms with E-state index in [1.54, 1.807) is 12.1 Å². The van der Waals surface area contributed by atoms with Crippen molar-refractivity contribution in [1.82, 2.24) is 0 Å². The van der Waals surface area contributed by atoms with Gasteiger partial charge in [-0.25, -0.2) is 0 Å². The van der Waals surface area contributed by atoms with Crippen LogP contribution in [0.5, 0.6) is 5.75 Å². The first kappa shape index (κ1) is 18.6. The number of benzene rings is 1. The molecule has 0 N–H and O–H groups in total. The van der Waals surface area contributed by atoms with Gasteiger partial charge in [0.05, 0.1) is 0 Å². The van der Waals surface area contributed by atoms with Crippen LogP contribution in [0.4, 0.5) is 26.3 Å². The van der Waals surface area contributed by atoms with Crippen LogP contribution in [0.3, 0.4) is 0 Å². The predicted molar refractivity (Wildman–Crippen MR) is 70.9 cm³/mol. The Bertz CT molecular complexity index is 460. The van der Waals surface area contributed by atoms with Crippen molar-refractivity contribution in [2.24, 2.45) is 5.41 Å². The van der Waals surface area contributed by atoms with Crippen molar-refractivity contribution >= 4 is 0 Å². The fourth-order valence-corrected chi connectivity index (χ4v) is 1.68. The second kappa shape index (κ2) is 6.38. The summed E-state index contributed by atoms with van der Waals surface area (Å²) in [6.07, 6.45) is -10.0. The SMILES string of the molecule is CCC(C)c1ccc(OCC(C)(C(F)(F)F)C(F)(F)F)cc1. The van der Waals surface area contributed by atoms with Crippen LogP contribution in [0.2, 0.25) is 0 Å². The minimum atomic E-state index is -5.44. The molecule has 1 unspecified atom stereocenters. The average molecular weight is 328 g/mol. The lowest BCUT2D eigenvalue weighted by Gasteiger charge is -2.33. The van der Waals surface area contributed by atoms with Crippen molar-refractivity contribution in [1.29, 1.82) is 0 Å². The highest BCUT2D eigenvalue weighted by molar-refractivity contribution is 5.29. The van der Waals surface area contributed by atoms with Gasteiger partial charge in [0.15, 0.2) is 5.41 Å². The van der Waals surface area contributed by atoms with Gasteiger partial charge in [-0.3, -0.25) is 0 Å². The van der Waals surface area contributed by atoms with E-state index in [-0.39, 0.29) is 18.6 Å². The van der Waals surface area contributed by atoms with E-state index in [0.29, 0.717) is 0 Å². The maximum atomic E-state index is 12.7. The Hall–Kier alpha value is -1.40. The zero-order chi connectivity index (χ0) is 17.2. The molecule has 0 spiro atoms.